The zero-order chi connectivity index (χ0) is 22.7. The van der Waals surface area contributed by atoms with Crippen molar-refractivity contribution in [3.63, 3.8) is 0 Å². The molecular formula is C23H20N4O4S. The van der Waals surface area contributed by atoms with Crippen LogP contribution in [0.15, 0.2) is 83.9 Å². The molecule has 0 atom stereocenters. The van der Waals surface area contributed by atoms with E-state index in [0.29, 0.717) is 33.8 Å². The fourth-order valence-electron chi connectivity index (χ4n) is 3.20. The summed E-state index contributed by atoms with van der Waals surface area (Å²) in [7, 11) is -2.40. The molecule has 32 heavy (non-hydrogen) atoms. The fraction of sp³-hybridized carbons (Fsp3) is 0.0435. The van der Waals surface area contributed by atoms with Gasteiger partial charge in [-0.05, 0) is 42.5 Å². The standard InChI is InChI=1S/C23H20N4O4S/c1-31-21-9-5-3-6-17(21)19-14-25-23(26-22(19)18-7-2-4-8-20(18)28)27-32(29,30)16-12-10-15(24)11-13-16/h2-14,28H,24H2,1H3,(H,25,26,27). The van der Waals surface area contributed by atoms with Crippen molar-refractivity contribution >= 4 is 21.7 Å². The number of ether oxygens (including phenoxy) is 1. The van der Waals surface area contributed by atoms with E-state index in [2.05, 4.69) is 14.7 Å². The summed E-state index contributed by atoms with van der Waals surface area (Å²) in [5.41, 5.74) is 8.12. The van der Waals surface area contributed by atoms with Crippen LogP contribution in [-0.4, -0.2) is 30.6 Å². The van der Waals surface area contributed by atoms with Crippen molar-refractivity contribution in [2.75, 3.05) is 17.6 Å². The number of nitrogens with two attached hydrogens (primary N) is 1. The molecule has 0 unspecified atom stereocenters. The molecule has 0 spiro atoms. The molecule has 0 bridgehead atoms. The molecule has 4 aromatic rings. The molecule has 0 aliphatic rings. The molecule has 0 saturated heterocycles. The number of hydrogen-bond donors (Lipinski definition) is 3. The number of nitrogen functional groups attached to an aromatic ring is 1. The van der Waals surface area contributed by atoms with E-state index in [4.69, 9.17) is 10.5 Å². The predicted octanol–water partition coefficient (Wildman–Crippen LogP) is 3.91. The van der Waals surface area contributed by atoms with Crippen LogP contribution in [0.1, 0.15) is 0 Å². The van der Waals surface area contributed by atoms with Gasteiger partial charge in [0.05, 0.1) is 17.7 Å². The molecule has 9 heteroatoms. The largest absolute Gasteiger partial charge is 0.507 e. The Morgan fingerprint density at radius 1 is 0.906 bits per heavy atom. The third-order valence-corrected chi connectivity index (χ3v) is 6.11. The monoisotopic (exact) mass is 448 g/mol. The van der Waals surface area contributed by atoms with Crippen LogP contribution in [0.2, 0.25) is 0 Å². The lowest BCUT2D eigenvalue weighted by Gasteiger charge is -2.15. The van der Waals surface area contributed by atoms with Crippen molar-refractivity contribution in [2.24, 2.45) is 0 Å². The van der Waals surface area contributed by atoms with Crippen LogP contribution >= 0.6 is 0 Å². The first kappa shape index (κ1) is 21.1. The number of hydrogen-bond acceptors (Lipinski definition) is 7. The fourth-order valence-corrected chi connectivity index (χ4v) is 4.15. The van der Waals surface area contributed by atoms with Crippen LogP contribution in [-0.2, 0) is 10.0 Å². The number of phenols is 1. The van der Waals surface area contributed by atoms with Crippen LogP contribution < -0.4 is 15.2 Å². The Morgan fingerprint density at radius 2 is 1.56 bits per heavy atom. The molecule has 0 saturated carbocycles. The van der Waals surface area contributed by atoms with Crippen LogP contribution in [0, 0.1) is 0 Å². The lowest BCUT2D eigenvalue weighted by molar-refractivity contribution is 0.416. The van der Waals surface area contributed by atoms with Gasteiger partial charge in [-0.1, -0.05) is 30.3 Å². The average Bonchev–Trinajstić information content (AvgIpc) is 2.79. The molecule has 162 valence electrons. The number of phenolic OH excluding ortho intramolecular Hbond substituents is 1. The van der Waals surface area contributed by atoms with Gasteiger partial charge in [0.1, 0.15) is 11.5 Å². The number of nitrogens with zero attached hydrogens (tertiary/aromatic N) is 2. The Hall–Kier alpha value is -4.11. The smallest absolute Gasteiger partial charge is 0.264 e. The molecule has 8 nitrogen and oxygen atoms in total. The number of benzene rings is 3. The van der Waals surface area contributed by atoms with Gasteiger partial charge in [0.25, 0.3) is 10.0 Å². The molecule has 3 aromatic carbocycles. The van der Waals surface area contributed by atoms with Crippen molar-refractivity contribution < 1.29 is 18.3 Å². The Morgan fingerprint density at radius 3 is 2.25 bits per heavy atom. The second-order valence-corrected chi connectivity index (χ2v) is 8.53. The van der Waals surface area contributed by atoms with E-state index < -0.39 is 10.0 Å². The number of para-hydroxylation sites is 2. The average molecular weight is 449 g/mol. The van der Waals surface area contributed by atoms with Crippen molar-refractivity contribution in [2.45, 2.75) is 4.90 Å². The Kier molecular flexibility index (Phi) is 5.65. The van der Waals surface area contributed by atoms with Crippen molar-refractivity contribution in [3.8, 4) is 33.9 Å². The van der Waals surface area contributed by atoms with E-state index in [-0.39, 0.29) is 16.6 Å². The van der Waals surface area contributed by atoms with Gasteiger partial charge in [0.15, 0.2) is 0 Å². The van der Waals surface area contributed by atoms with E-state index in [1.807, 2.05) is 18.2 Å². The number of aromatic hydroxyl groups is 1. The first-order chi connectivity index (χ1) is 15.4. The van der Waals surface area contributed by atoms with Gasteiger partial charge < -0.3 is 15.6 Å². The molecule has 0 amide bonds. The number of methoxy groups -OCH3 is 1. The first-order valence-corrected chi connectivity index (χ1v) is 11.0. The highest BCUT2D eigenvalue weighted by molar-refractivity contribution is 7.92. The van der Waals surface area contributed by atoms with Gasteiger partial charge in [-0.15, -0.1) is 0 Å². The molecule has 0 fully saturated rings. The normalized spacial score (nSPS) is 11.2. The summed E-state index contributed by atoms with van der Waals surface area (Å²) >= 11 is 0. The second kappa shape index (κ2) is 8.56. The lowest BCUT2D eigenvalue weighted by Crippen LogP contribution is -2.15. The van der Waals surface area contributed by atoms with E-state index >= 15 is 0 Å². The minimum absolute atomic E-state index is 0.00492. The minimum atomic E-state index is -3.95. The van der Waals surface area contributed by atoms with E-state index in [9.17, 15) is 13.5 Å². The quantitative estimate of drug-likeness (QED) is 0.382. The lowest BCUT2D eigenvalue weighted by atomic mass is 9.99. The summed E-state index contributed by atoms with van der Waals surface area (Å²) in [6, 6.07) is 19.7. The Balaban J connectivity index is 1.84. The molecular weight excluding hydrogens is 428 g/mol. The third kappa shape index (κ3) is 4.19. The summed E-state index contributed by atoms with van der Waals surface area (Å²) in [4.78, 5) is 8.67. The highest BCUT2D eigenvalue weighted by atomic mass is 32.2. The van der Waals surface area contributed by atoms with Gasteiger partial charge in [-0.2, -0.15) is 0 Å². The number of aromatic nitrogens is 2. The number of sulfonamides is 1. The Bertz CT molecular complexity index is 1370. The van der Waals surface area contributed by atoms with Crippen LogP contribution in [0.4, 0.5) is 11.6 Å². The van der Waals surface area contributed by atoms with Gasteiger partial charge in [0.2, 0.25) is 5.95 Å². The van der Waals surface area contributed by atoms with Gasteiger partial charge >= 0.3 is 0 Å². The maximum Gasteiger partial charge on any atom is 0.264 e. The molecule has 0 aliphatic carbocycles. The molecule has 4 rings (SSSR count). The number of rotatable bonds is 6. The summed E-state index contributed by atoms with van der Waals surface area (Å²) in [6.45, 7) is 0. The summed E-state index contributed by atoms with van der Waals surface area (Å²) in [5, 5.41) is 10.4. The van der Waals surface area contributed by atoms with Crippen molar-refractivity contribution in [1.82, 2.24) is 9.97 Å². The van der Waals surface area contributed by atoms with Crippen molar-refractivity contribution in [1.29, 1.82) is 0 Å². The van der Waals surface area contributed by atoms with Crippen LogP contribution in [0.5, 0.6) is 11.5 Å². The summed E-state index contributed by atoms with van der Waals surface area (Å²) in [5.74, 6) is 0.441. The first-order valence-electron chi connectivity index (χ1n) is 9.56. The second-order valence-electron chi connectivity index (χ2n) is 6.85. The van der Waals surface area contributed by atoms with Crippen LogP contribution in [0.25, 0.3) is 22.4 Å². The van der Waals surface area contributed by atoms with Gasteiger partial charge in [-0.3, -0.25) is 0 Å². The third-order valence-electron chi connectivity index (χ3n) is 4.76. The van der Waals surface area contributed by atoms with Crippen LogP contribution in [0.3, 0.4) is 0 Å². The van der Waals surface area contributed by atoms with Gasteiger partial charge in [-0.25, -0.2) is 23.1 Å². The maximum atomic E-state index is 12.8. The highest BCUT2D eigenvalue weighted by Crippen LogP contribution is 2.39. The number of nitrogens with one attached hydrogen (secondary N) is 1. The zero-order valence-corrected chi connectivity index (χ0v) is 17.9. The number of anilines is 2. The zero-order valence-electron chi connectivity index (χ0n) is 17.1. The molecule has 1 aromatic heterocycles. The van der Waals surface area contributed by atoms with E-state index in [1.54, 1.807) is 31.4 Å². The van der Waals surface area contributed by atoms with E-state index in [1.165, 1.54) is 36.5 Å². The minimum Gasteiger partial charge on any atom is -0.507 e. The van der Waals surface area contributed by atoms with Crippen molar-refractivity contribution in [3.05, 3.63) is 79.0 Å². The summed E-state index contributed by atoms with van der Waals surface area (Å²) in [6.07, 6.45) is 1.49. The molecule has 4 N–H and O–H groups in total. The topological polar surface area (TPSA) is 127 Å². The molecule has 0 aliphatic heterocycles. The Labute approximate surface area is 185 Å². The summed E-state index contributed by atoms with van der Waals surface area (Å²) < 4.78 is 33.4. The SMILES string of the molecule is COc1ccccc1-c1cnc(NS(=O)(=O)c2ccc(N)cc2)nc1-c1ccccc1O. The molecule has 1 heterocycles. The highest BCUT2D eigenvalue weighted by Gasteiger charge is 2.20. The van der Waals surface area contributed by atoms with E-state index in [0.717, 1.165) is 0 Å². The predicted molar refractivity (Wildman–Crippen MR) is 123 cm³/mol. The molecule has 0 radical (unpaired) electrons. The maximum absolute atomic E-state index is 12.8. The van der Waals surface area contributed by atoms with Gasteiger partial charge in [0, 0.05) is 28.6 Å².